The van der Waals surface area contributed by atoms with E-state index in [1.807, 2.05) is 19.2 Å². The largest absolute Gasteiger partial charge is 0.369 e. The zero-order valence-electron chi connectivity index (χ0n) is 9.09. The van der Waals surface area contributed by atoms with Gasteiger partial charge in [-0.2, -0.15) is 0 Å². The molecule has 0 radical (unpaired) electrons. The van der Waals surface area contributed by atoms with E-state index in [0.29, 0.717) is 0 Å². The van der Waals surface area contributed by atoms with Crippen molar-refractivity contribution >= 4 is 5.69 Å². The molecule has 0 amide bonds. The molecule has 1 heterocycles. The normalized spacial score (nSPS) is 16.0. The Morgan fingerprint density at radius 3 is 2.73 bits per heavy atom. The predicted molar refractivity (Wildman–Crippen MR) is 60.6 cm³/mol. The Labute approximate surface area is 90.1 Å². The van der Waals surface area contributed by atoms with Crippen molar-refractivity contribution in [3.63, 3.8) is 0 Å². The van der Waals surface area contributed by atoms with E-state index in [9.17, 15) is 4.39 Å². The average Bonchev–Trinajstić information content (AvgIpc) is 2.74. The van der Waals surface area contributed by atoms with Crippen LogP contribution in [0.2, 0.25) is 0 Å². The Morgan fingerprint density at radius 1 is 1.33 bits per heavy atom. The maximum atomic E-state index is 13.6. The molecule has 1 aromatic carbocycles. The van der Waals surface area contributed by atoms with E-state index in [0.717, 1.165) is 30.9 Å². The standard InChI is InChI=1S/C12H17FN2/c1-14-9-10-4-5-11(13)12(8-10)15-6-2-3-7-15/h4-5,8,14H,2-3,6-7,9H2,1H3. The number of anilines is 1. The zero-order valence-corrected chi connectivity index (χ0v) is 9.09. The second kappa shape index (κ2) is 4.62. The lowest BCUT2D eigenvalue weighted by Crippen LogP contribution is -2.19. The number of rotatable bonds is 3. The SMILES string of the molecule is CNCc1ccc(F)c(N2CCCC2)c1. The molecule has 1 saturated heterocycles. The molecule has 82 valence electrons. The molecular formula is C12H17FN2. The number of halogens is 1. The summed E-state index contributed by atoms with van der Waals surface area (Å²) in [5.41, 5.74) is 1.90. The van der Waals surface area contributed by atoms with Crippen molar-refractivity contribution in [2.45, 2.75) is 19.4 Å². The van der Waals surface area contributed by atoms with Crippen LogP contribution < -0.4 is 10.2 Å². The van der Waals surface area contributed by atoms with Gasteiger partial charge in [-0.25, -0.2) is 4.39 Å². The van der Waals surface area contributed by atoms with Crippen molar-refractivity contribution in [3.8, 4) is 0 Å². The second-order valence-electron chi connectivity index (χ2n) is 4.01. The Hall–Kier alpha value is -1.09. The summed E-state index contributed by atoms with van der Waals surface area (Å²) in [7, 11) is 1.90. The number of hydrogen-bond acceptors (Lipinski definition) is 2. The first-order valence-corrected chi connectivity index (χ1v) is 5.49. The number of nitrogens with one attached hydrogen (secondary N) is 1. The highest BCUT2D eigenvalue weighted by Crippen LogP contribution is 2.24. The molecule has 0 saturated carbocycles. The lowest BCUT2D eigenvalue weighted by atomic mass is 10.2. The first kappa shape index (κ1) is 10.4. The second-order valence-corrected chi connectivity index (χ2v) is 4.01. The minimum absolute atomic E-state index is 0.100. The number of benzene rings is 1. The van der Waals surface area contributed by atoms with Gasteiger partial charge in [0.2, 0.25) is 0 Å². The van der Waals surface area contributed by atoms with E-state index in [4.69, 9.17) is 0 Å². The summed E-state index contributed by atoms with van der Waals surface area (Å²) in [4.78, 5) is 2.13. The molecule has 1 fully saturated rings. The summed E-state index contributed by atoms with van der Waals surface area (Å²) in [5, 5.41) is 3.08. The minimum atomic E-state index is -0.100. The molecule has 2 nitrogen and oxygen atoms in total. The molecule has 2 rings (SSSR count). The van der Waals surface area contributed by atoms with Crippen molar-refractivity contribution in [1.29, 1.82) is 0 Å². The van der Waals surface area contributed by atoms with Crippen LogP contribution >= 0.6 is 0 Å². The van der Waals surface area contributed by atoms with Crippen molar-refractivity contribution < 1.29 is 4.39 Å². The molecule has 0 spiro atoms. The molecule has 0 aromatic heterocycles. The fourth-order valence-corrected chi connectivity index (χ4v) is 2.07. The summed E-state index contributed by atoms with van der Waals surface area (Å²) in [6.07, 6.45) is 2.35. The molecule has 1 aromatic rings. The third kappa shape index (κ3) is 2.29. The van der Waals surface area contributed by atoms with Gasteiger partial charge in [0.15, 0.2) is 0 Å². The van der Waals surface area contributed by atoms with Gasteiger partial charge in [-0.15, -0.1) is 0 Å². The average molecular weight is 208 g/mol. The monoisotopic (exact) mass is 208 g/mol. The third-order valence-corrected chi connectivity index (χ3v) is 2.84. The molecule has 0 bridgehead atoms. The van der Waals surface area contributed by atoms with Crippen LogP contribution in [-0.2, 0) is 6.54 Å². The van der Waals surface area contributed by atoms with Crippen LogP contribution in [-0.4, -0.2) is 20.1 Å². The summed E-state index contributed by atoms with van der Waals surface area (Å²) < 4.78 is 13.6. The van der Waals surface area contributed by atoms with Gasteiger partial charge in [-0.1, -0.05) is 6.07 Å². The van der Waals surface area contributed by atoms with Crippen LogP contribution in [0.4, 0.5) is 10.1 Å². The highest BCUT2D eigenvalue weighted by molar-refractivity contribution is 5.50. The van der Waals surface area contributed by atoms with Crippen molar-refractivity contribution in [2.75, 3.05) is 25.0 Å². The molecule has 15 heavy (non-hydrogen) atoms. The Bertz CT molecular complexity index is 332. The van der Waals surface area contributed by atoms with Gasteiger partial charge in [0.1, 0.15) is 5.82 Å². The predicted octanol–water partition coefficient (Wildman–Crippen LogP) is 2.15. The number of nitrogens with zero attached hydrogens (tertiary/aromatic N) is 1. The Kier molecular flexibility index (Phi) is 3.21. The van der Waals surface area contributed by atoms with E-state index in [1.54, 1.807) is 6.07 Å². The first-order valence-electron chi connectivity index (χ1n) is 5.49. The topological polar surface area (TPSA) is 15.3 Å². The van der Waals surface area contributed by atoms with Gasteiger partial charge in [0.25, 0.3) is 0 Å². The Morgan fingerprint density at radius 2 is 2.07 bits per heavy atom. The molecule has 0 atom stereocenters. The van der Waals surface area contributed by atoms with E-state index in [1.165, 1.54) is 12.8 Å². The van der Waals surface area contributed by atoms with Crippen LogP contribution in [0, 0.1) is 5.82 Å². The smallest absolute Gasteiger partial charge is 0.146 e. The first-order chi connectivity index (χ1) is 7.31. The maximum absolute atomic E-state index is 13.6. The van der Waals surface area contributed by atoms with Gasteiger partial charge in [0, 0.05) is 19.6 Å². The van der Waals surface area contributed by atoms with Gasteiger partial charge in [0.05, 0.1) is 5.69 Å². The lowest BCUT2D eigenvalue weighted by Gasteiger charge is -2.19. The molecule has 1 aliphatic rings. The number of hydrogen-bond donors (Lipinski definition) is 1. The van der Waals surface area contributed by atoms with E-state index in [-0.39, 0.29) is 5.82 Å². The van der Waals surface area contributed by atoms with Crippen LogP contribution in [0.1, 0.15) is 18.4 Å². The molecule has 3 heteroatoms. The van der Waals surface area contributed by atoms with Crippen LogP contribution in [0.3, 0.4) is 0 Å². The van der Waals surface area contributed by atoms with Gasteiger partial charge in [-0.3, -0.25) is 0 Å². The van der Waals surface area contributed by atoms with E-state index >= 15 is 0 Å². The zero-order chi connectivity index (χ0) is 10.7. The third-order valence-electron chi connectivity index (χ3n) is 2.84. The minimum Gasteiger partial charge on any atom is -0.369 e. The van der Waals surface area contributed by atoms with E-state index < -0.39 is 0 Å². The van der Waals surface area contributed by atoms with Crippen molar-refractivity contribution in [2.24, 2.45) is 0 Å². The maximum Gasteiger partial charge on any atom is 0.146 e. The Balaban J connectivity index is 2.23. The van der Waals surface area contributed by atoms with Crippen molar-refractivity contribution in [3.05, 3.63) is 29.6 Å². The van der Waals surface area contributed by atoms with Crippen LogP contribution in [0.5, 0.6) is 0 Å². The molecule has 0 unspecified atom stereocenters. The van der Waals surface area contributed by atoms with Gasteiger partial charge in [-0.05, 0) is 37.6 Å². The van der Waals surface area contributed by atoms with Gasteiger partial charge >= 0.3 is 0 Å². The van der Waals surface area contributed by atoms with Crippen molar-refractivity contribution in [1.82, 2.24) is 5.32 Å². The highest BCUT2D eigenvalue weighted by Gasteiger charge is 2.16. The van der Waals surface area contributed by atoms with Gasteiger partial charge < -0.3 is 10.2 Å². The molecule has 0 aliphatic carbocycles. The van der Waals surface area contributed by atoms with Crippen LogP contribution in [0.25, 0.3) is 0 Å². The molecule has 1 N–H and O–H groups in total. The fourth-order valence-electron chi connectivity index (χ4n) is 2.07. The summed E-state index contributed by atoms with van der Waals surface area (Å²) in [6.45, 7) is 2.76. The quantitative estimate of drug-likeness (QED) is 0.818. The molecular weight excluding hydrogens is 191 g/mol. The summed E-state index contributed by atoms with van der Waals surface area (Å²) in [5.74, 6) is -0.100. The fraction of sp³-hybridized carbons (Fsp3) is 0.500. The molecule has 1 aliphatic heterocycles. The summed E-state index contributed by atoms with van der Waals surface area (Å²) in [6, 6.07) is 5.36. The lowest BCUT2D eigenvalue weighted by molar-refractivity contribution is 0.621. The highest BCUT2D eigenvalue weighted by atomic mass is 19.1. The van der Waals surface area contributed by atoms with E-state index in [2.05, 4.69) is 10.2 Å². The summed E-state index contributed by atoms with van der Waals surface area (Å²) >= 11 is 0. The van der Waals surface area contributed by atoms with Crippen LogP contribution in [0.15, 0.2) is 18.2 Å².